The molecular formula is C48H56N4O12. The topological polar surface area (TPSA) is 239 Å². The zero-order chi connectivity index (χ0) is 46.9. The number of aromatic hydroxyl groups is 3. The van der Waals surface area contributed by atoms with Gasteiger partial charge in [-0.15, -0.1) is 0 Å². The predicted octanol–water partition coefficient (Wildman–Crippen LogP) is 7.06. The molecule has 0 unspecified atom stereocenters. The number of pyridine rings is 1. The normalized spacial score (nSPS) is 28.7. The number of aromatic nitrogens is 1. The number of carbonyl (C=O) groups excluding carboxylic acids is 3. The van der Waals surface area contributed by atoms with Crippen LogP contribution in [0, 0.1) is 37.5 Å². The fourth-order valence-electron chi connectivity index (χ4n) is 8.44. The molecule has 7 rings (SSSR count). The highest BCUT2D eigenvalue weighted by Gasteiger charge is 2.50. The molecule has 64 heavy (non-hydrogen) atoms. The summed E-state index contributed by atoms with van der Waals surface area (Å²) < 4.78 is 23.6. The van der Waals surface area contributed by atoms with E-state index < -0.39 is 88.8 Å². The molecule has 16 nitrogen and oxygen atoms in total. The van der Waals surface area contributed by atoms with Crippen LogP contribution in [-0.4, -0.2) is 91.7 Å². The van der Waals surface area contributed by atoms with Crippen molar-refractivity contribution in [1.29, 1.82) is 0 Å². The second-order valence-corrected chi connectivity index (χ2v) is 16.8. The number of amides is 1. The Hall–Kier alpha value is -6.49. The number of aliphatic hydroxyl groups is 2. The summed E-state index contributed by atoms with van der Waals surface area (Å²) in [4.78, 5) is 45.3. The average Bonchev–Trinajstić information content (AvgIpc) is 3.52. The SMILES string of the molecule is CO[C@H]1/C=C/O[C@@]2(C)Oc3c(C)c(O)c4c(O)c(c(C=NNc5cc(C)c6ccccc6n5)c(O)c4c3C2=O)NC(=O)/C(C)=C\C=C\[C@H](C)[C@H](O)[C@@H](C)[C@@H](O)[C@@H](C)[C@H](OC(C)=O)[C@@H]1C. The van der Waals surface area contributed by atoms with Crippen molar-refractivity contribution < 1.29 is 58.9 Å². The van der Waals surface area contributed by atoms with E-state index in [9.17, 15) is 39.9 Å². The van der Waals surface area contributed by atoms with Crippen LogP contribution in [0.2, 0.25) is 0 Å². The number of benzene rings is 3. The summed E-state index contributed by atoms with van der Waals surface area (Å²) in [5.74, 6) is -8.42. The van der Waals surface area contributed by atoms with Gasteiger partial charge in [0.15, 0.2) is 5.75 Å². The summed E-state index contributed by atoms with van der Waals surface area (Å²) in [5, 5.41) is 66.0. The van der Waals surface area contributed by atoms with Crippen molar-refractivity contribution in [2.24, 2.45) is 28.8 Å². The van der Waals surface area contributed by atoms with Gasteiger partial charge in [0.1, 0.15) is 29.2 Å². The number of nitrogens with one attached hydrogen (secondary N) is 2. The van der Waals surface area contributed by atoms with Crippen LogP contribution in [0.3, 0.4) is 0 Å². The van der Waals surface area contributed by atoms with E-state index in [4.69, 9.17) is 18.9 Å². The lowest BCUT2D eigenvalue weighted by Gasteiger charge is -2.38. The van der Waals surface area contributed by atoms with Crippen LogP contribution in [0.25, 0.3) is 21.7 Å². The number of phenolic OH excluding ortho intramolecular Hbond substituents is 3. The highest BCUT2D eigenvalue weighted by molar-refractivity contribution is 6.24. The maximum Gasteiger partial charge on any atom is 0.312 e. The molecule has 0 aliphatic carbocycles. The zero-order valence-corrected chi connectivity index (χ0v) is 37.5. The minimum Gasteiger partial charge on any atom is -0.507 e. The third kappa shape index (κ3) is 8.85. The molecule has 0 radical (unpaired) electrons. The molecule has 1 amide bonds. The van der Waals surface area contributed by atoms with Crippen molar-refractivity contribution in [3.63, 3.8) is 0 Å². The number of methoxy groups -OCH3 is 1. The molecule has 0 spiro atoms. The van der Waals surface area contributed by atoms with Crippen molar-refractivity contribution in [3.05, 3.63) is 88.7 Å². The maximum atomic E-state index is 14.5. The number of aryl methyl sites for hydroxylation is 1. The molecule has 0 saturated carbocycles. The van der Waals surface area contributed by atoms with Gasteiger partial charge in [-0.05, 0) is 44.5 Å². The molecule has 9 atom stereocenters. The van der Waals surface area contributed by atoms with E-state index in [0.717, 1.165) is 17.2 Å². The molecule has 3 aliphatic rings. The summed E-state index contributed by atoms with van der Waals surface area (Å²) in [5.41, 5.74) is 3.79. The Labute approximate surface area is 370 Å². The van der Waals surface area contributed by atoms with E-state index >= 15 is 0 Å². The number of esters is 1. The Kier molecular flexibility index (Phi) is 13.7. The largest absolute Gasteiger partial charge is 0.507 e. The highest BCUT2D eigenvalue weighted by atomic mass is 16.7. The minimum atomic E-state index is -2.08. The summed E-state index contributed by atoms with van der Waals surface area (Å²) >= 11 is 0. The second-order valence-electron chi connectivity index (χ2n) is 16.8. The lowest BCUT2D eigenvalue weighted by Crippen LogP contribution is -2.46. The van der Waals surface area contributed by atoms with Crippen LogP contribution in [-0.2, 0) is 23.8 Å². The summed E-state index contributed by atoms with van der Waals surface area (Å²) in [6.45, 7) is 14.3. The van der Waals surface area contributed by atoms with Crippen LogP contribution in [0.1, 0.15) is 75.5 Å². The van der Waals surface area contributed by atoms with Gasteiger partial charge < -0.3 is 49.8 Å². The van der Waals surface area contributed by atoms with Gasteiger partial charge >= 0.3 is 11.8 Å². The standard InChI is InChI=1S/C48H56N4O12/c1-22-14-13-15-23(2)47(60)51-38-31(21-49-52-34-20-24(3)30-16-11-12-17-32(30)50-34)42(57)35-36(43(38)58)41(56)28(7)45-37(35)46(59)48(9,64-45)62-19-18-33(61-10)25(4)44(63-29(8)53)27(6)40(55)26(5)39(22)54/h11-22,25-27,33,39-40,44,54-58H,1-10H3,(H,50,52)(H,51,60)/b14-13+,19-18+,23-15-,49-21?/t22-,25+,26+,27+,33-,39-,40+,44+,48-/m0/s1. The number of hydrogen-bond acceptors (Lipinski definition) is 15. The van der Waals surface area contributed by atoms with E-state index in [1.54, 1.807) is 45.9 Å². The van der Waals surface area contributed by atoms with Gasteiger partial charge in [0, 0.05) is 66.5 Å². The number of hydrogen-bond donors (Lipinski definition) is 7. The first-order valence-electron chi connectivity index (χ1n) is 21.0. The third-order valence-corrected chi connectivity index (χ3v) is 12.3. The Balaban J connectivity index is 1.52. The number of nitrogens with zero attached hydrogens (tertiary/aromatic N) is 2. The van der Waals surface area contributed by atoms with E-state index in [0.29, 0.717) is 11.3 Å². The number of ketones is 1. The lowest BCUT2D eigenvalue weighted by atomic mass is 9.78. The number of allylic oxidation sites excluding steroid dienone is 2. The number of phenols is 3. The number of ether oxygens (including phenoxy) is 4. The van der Waals surface area contributed by atoms with Crippen molar-refractivity contribution >= 4 is 57.1 Å². The maximum absolute atomic E-state index is 14.5. The van der Waals surface area contributed by atoms with Crippen LogP contribution in [0.15, 0.2) is 71.6 Å². The molecule has 3 aromatic carbocycles. The first kappa shape index (κ1) is 47.0. The fourth-order valence-corrected chi connectivity index (χ4v) is 8.44. The number of rotatable bonds is 5. The minimum absolute atomic E-state index is 0.0254. The number of anilines is 2. The number of hydrazone groups is 1. The van der Waals surface area contributed by atoms with Crippen LogP contribution in [0.4, 0.5) is 11.5 Å². The summed E-state index contributed by atoms with van der Waals surface area (Å²) in [6.07, 6.45) is 4.55. The molecule has 7 N–H and O–H groups in total. The van der Waals surface area contributed by atoms with Gasteiger partial charge in [-0.25, -0.2) is 4.98 Å². The van der Waals surface area contributed by atoms with Gasteiger partial charge in [0.2, 0.25) is 0 Å². The lowest BCUT2D eigenvalue weighted by molar-refractivity contribution is -0.160. The third-order valence-electron chi connectivity index (χ3n) is 12.3. The van der Waals surface area contributed by atoms with Gasteiger partial charge in [-0.1, -0.05) is 64.1 Å². The van der Waals surface area contributed by atoms with Crippen molar-refractivity contribution in [2.75, 3.05) is 17.9 Å². The van der Waals surface area contributed by atoms with Gasteiger partial charge in [0.05, 0.1) is 58.5 Å². The molecule has 4 heterocycles. The number of carbonyl (C=O) groups is 3. The number of para-hydroxylation sites is 1. The smallest absolute Gasteiger partial charge is 0.312 e. The molecule has 0 fully saturated rings. The zero-order valence-electron chi connectivity index (χ0n) is 37.5. The number of Topliss-reactive ketones (excluding diaryl/α,β-unsaturated/α-hetero) is 1. The molecule has 0 saturated heterocycles. The highest BCUT2D eigenvalue weighted by Crippen LogP contribution is 2.55. The summed E-state index contributed by atoms with van der Waals surface area (Å²) in [7, 11) is 1.43. The summed E-state index contributed by atoms with van der Waals surface area (Å²) in [6, 6.07) is 9.29. The Morgan fingerprint density at radius 2 is 1.66 bits per heavy atom. The first-order valence-corrected chi connectivity index (χ1v) is 21.0. The van der Waals surface area contributed by atoms with Crippen LogP contribution in [0.5, 0.6) is 23.0 Å². The molecular weight excluding hydrogens is 825 g/mol. The van der Waals surface area contributed by atoms with Gasteiger partial charge in [0.25, 0.3) is 11.7 Å². The fraction of sp³-hybridized carbons (Fsp3) is 0.396. The molecule has 5 bridgehead atoms. The predicted molar refractivity (Wildman–Crippen MR) is 242 cm³/mol. The number of fused-ring (bicyclic) bond motifs is 15. The van der Waals surface area contributed by atoms with Crippen LogP contribution >= 0.6 is 0 Å². The molecule has 16 heteroatoms. The van der Waals surface area contributed by atoms with Crippen molar-refractivity contribution in [2.45, 2.75) is 92.5 Å². The molecule has 3 aliphatic heterocycles. The van der Waals surface area contributed by atoms with Crippen molar-refractivity contribution in [1.82, 2.24) is 4.98 Å². The average molecular weight is 881 g/mol. The number of aliphatic hydroxyl groups excluding tert-OH is 2. The van der Waals surface area contributed by atoms with Crippen LogP contribution < -0.4 is 15.5 Å². The van der Waals surface area contributed by atoms with Crippen molar-refractivity contribution in [3.8, 4) is 23.0 Å². The van der Waals surface area contributed by atoms with E-state index in [2.05, 4.69) is 20.8 Å². The Bertz CT molecular complexity index is 2620. The monoisotopic (exact) mass is 880 g/mol. The van der Waals surface area contributed by atoms with E-state index in [1.807, 2.05) is 31.2 Å². The Morgan fingerprint density at radius 3 is 2.34 bits per heavy atom. The van der Waals surface area contributed by atoms with Gasteiger partial charge in [-0.3, -0.25) is 19.8 Å². The van der Waals surface area contributed by atoms with Gasteiger partial charge in [-0.2, -0.15) is 5.10 Å². The first-order chi connectivity index (χ1) is 30.2. The quantitative estimate of drug-likeness (QED) is 0.0350. The second kappa shape index (κ2) is 18.7. The van der Waals surface area contributed by atoms with E-state index in [1.165, 1.54) is 53.2 Å². The van der Waals surface area contributed by atoms with E-state index in [-0.39, 0.29) is 44.5 Å². The molecule has 340 valence electrons. The molecule has 1 aromatic heterocycles. The Morgan fingerprint density at radius 1 is 0.953 bits per heavy atom. The molecule has 4 aromatic rings.